The molecule has 0 bridgehead atoms. The number of nitro benzene ring substituents is 1. The first kappa shape index (κ1) is 13.2. The van der Waals surface area contributed by atoms with Crippen molar-refractivity contribution in [1.29, 1.82) is 0 Å². The van der Waals surface area contributed by atoms with Gasteiger partial charge in [0.1, 0.15) is 11.6 Å². The normalized spacial score (nSPS) is 11.0. The van der Waals surface area contributed by atoms with E-state index in [1.54, 1.807) is 22.9 Å². The minimum Gasteiger partial charge on any atom is -0.343 e. The highest BCUT2D eigenvalue weighted by molar-refractivity contribution is 5.80. The van der Waals surface area contributed by atoms with Crippen LogP contribution in [0.15, 0.2) is 48.7 Å². The van der Waals surface area contributed by atoms with E-state index in [0.29, 0.717) is 5.52 Å². The Morgan fingerprint density at radius 1 is 1.05 bits per heavy atom. The molecular weight excluding hydrogens is 278 g/mol. The lowest BCUT2D eigenvalue weighted by Crippen LogP contribution is -2.03. The number of fused-ring (bicyclic) bond motifs is 1. The lowest BCUT2D eigenvalue weighted by atomic mass is 10.1. The molecular formula is C15H10F2N2O2. The summed E-state index contributed by atoms with van der Waals surface area (Å²) in [5, 5.41) is 11.8. The lowest BCUT2D eigenvalue weighted by Gasteiger charge is -2.07. The molecule has 0 aliphatic rings. The summed E-state index contributed by atoms with van der Waals surface area (Å²) in [5.74, 6) is -0.936. The topological polar surface area (TPSA) is 48.1 Å². The Labute approximate surface area is 118 Å². The van der Waals surface area contributed by atoms with Gasteiger partial charge >= 0.3 is 0 Å². The van der Waals surface area contributed by atoms with Crippen LogP contribution in [0.2, 0.25) is 0 Å². The monoisotopic (exact) mass is 288 g/mol. The summed E-state index contributed by atoms with van der Waals surface area (Å²) >= 11 is 0. The molecule has 0 N–H and O–H groups in total. The third-order valence-corrected chi connectivity index (χ3v) is 3.31. The quantitative estimate of drug-likeness (QED) is 0.542. The Hall–Kier alpha value is -2.76. The van der Waals surface area contributed by atoms with Gasteiger partial charge in [-0.2, -0.15) is 0 Å². The first-order chi connectivity index (χ1) is 10.0. The molecule has 1 aromatic heterocycles. The predicted octanol–water partition coefficient (Wildman–Crippen LogP) is 3.88. The van der Waals surface area contributed by atoms with Gasteiger partial charge in [0, 0.05) is 12.3 Å². The molecule has 2 aromatic carbocycles. The standard InChI is InChI=1S/C15H10F2N2O2/c16-12-3-4-14(19(20)21)11(7-12)9-18-6-5-10-1-2-13(17)8-15(10)18/h1-8H,9H2. The molecule has 106 valence electrons. The van der Waals surface area contributed by atoms with E-state index >= 15 is 0 Å². The van der Waals surface area contributed by atoms with Crippen LogP contribution in [0.25, 0.3) is 10.9 Å². The molecule has 0 radical (unpaired) electrons. The number of hydrogen-bond donors (Lipinski definition) is 0. The van der Waals surface area contributed by atoms with Crippen molar-refractivity contribution in [2.45, 2.75) is 6.54 Å². The van der Waals surface area contributed by atoms with Crippen molar-refractivity contribution in [3.63, 3.8) is 0 Å². The maximum atomic E-state index is 13.3. The predicted molar refractivity (Wildman–Crippen MR) is 74.1 cm³/mol. The fraction of sp³-hybridized carbons (Fsp3) is 0.0667. The summed E-state index contributed by atoms with van der Waals surface area (Å²) in [5.41, 5.74) is 0.685. The van der Waals surface area contributed by atoms with E-state index in [1.165, 1.54) is 12.1 Å². The highest BCUT2D eigenvalue weighted by Gasteiger charge is 2.15. The molecule has 4 nitrogen and oxygen atoms in total. The molecule has 0 atom stereocenters. The van der Waals surface area contributed by atoms with Gasteiger partial charge in [-0.3, -0.25) is 10.1 Å². The average molecular weight is 288 g/mol. The highest BCUT2D eigenvalue weighted by Crippen LogP contribution is 2.24. The molecule has 0 unspecified atom stereocenters. The third-order valence-electron chi connectivity index (χ3n) is 3.31. The SMILES string of the molecule is O=[N+]([O-])c1ccc(F)cc1Cn1ccc2ccc(F)cc21. The smallest absolute Gasteiger partial charge is 0.274 e. The molecule has 1 heterocycles. The van der Waals surface area contributed by atoms with E-state index in [1.807, 2.05) is 0 Å². The van der Waals surface area contributed by atoms with Crippen LogP contribution in [-0.4, -0.2) is 9.49 Å². The summed E-state index contributed by atoms with van der Waals surface area (Å²) in [6.07, 6.45) is 1.69. The molecule has 21 heavy (non-hydrogen) atoms. The fourth-order valence-electron chi connectivity index (χ4n) is 2.34. The van der Waals surface area contributed by atoms with Gasteiger partial charge in [0.15, 0.2) is 0 Å². The number of aromatic nitrogens is 1. The van der Waals surface area contributed by atoms with Crippen LogP contribution < -0.4 is 0 Å². The summed E-state index contributed by atoms with van der Waals surface area (Å²) in [6.45, 7) is 0.0982. The van der Waals surface area contributed by atoms with Gasteiger partial charge in [0.25, 0.3) is 5.69 Å². The number of nitro groups is 1. The molecule has 0 saturated heterocycles. The fourth-order valence-corrected chi connectivity index (χ4v) is 2.34. The van der Waals surface area contributed by atoms with Gasteiger partial charge in [-0.05, 0) is 41.8 Å². The van der Waals surface area contributed by atoms with Crippen molar-refractivity contribution >= 4 is 16.6 Å². The van der Waals surface area contributed by atoms with Crippen molar-refractivity contribution in [3.05, 3.63) is 76.0 Å². The van der Waals surface area contributed by atoms with E-state index in [-0.39, 0.29) is 17.8 Å². The second-order valence-corrected chi connectivity index (χ2v) is 4.68. The van der Waals surface area contributed by atoms with Crippen LogP contribution in [0.1, 0.15) is 5.56 Å². The second-order valence-electron chi connectivity index (χ2n) is 4.68. The molecule has 6 heteroatoms. The maximum absolute atomic E-state index is 13.3. The van der Waals surface area contributed by atoms with Crippen molar-refractivity contribution in [2.75, 3.05) is 0 Å². The average Bonchev–Trinajstić information content (AvgIpc) is 2.81. The van der Waals surface area contributed by atoms with Crippen LogP contribution >= 0.6 is 0 Å². The Bertz CT molecular complexity index is 843. The number of benzene rings is 2. The van der Waals surface area contributed by atoms with Crippen LogP contribution in [0.3, 0.4) is 0 Å². The van der Waals surface area contributed by atoms with Gasteiger partial charge in [-0.15, -0.1) is 0 Å². The van der Waals surface area contributed by atoms with E-state index in [9.17, 15) is 18.9 Å². The largest absolute Gasteiger partial charge is 0.343 e. The lowest BCUT2D eigenvalue weighted by molar-refractivity contribution is -0.385. The molecule has 3 aromatic rings. The Kier molecular flexibility index (Phi) is 3.13. The van der Waals surface area contributed by atoms with Gasteiger partial charge in [0.2, 0.25) is 0 Å². The van der Waals surface area contributed by atoms with E-state index in [2.05, 4.69) is 0 Å². The number of halogens is 2. The van der Waals surface area contributed by atoms with Gasteiger partial charge in [-0.1, -0.05) is 0 Å². The minimum atomic E-state index is -0.555. The molecule has 0 spiro atoms. The third kappa shape index (κ3) is 2.47. The number of rotatable bonds is 3. The van der Waals surface area contributed by atoms with Gasteiger partial charge in [-0.25, -0.2) is 8.78 Å². The second kappa shape index (κ2) is 4.97. The van der Waals surface area contributed by atoms with Crippen LogP contribution in [0.5, 0.6) is 0 Å². The zero-order valence-corrected chi connectivity index (χ0v) is 10.8. The van der Waals surface area contributed by atoms with Crippen LogP contribution in [0, 0.1) is 21.7 Å². The molecule has 0 aliphatic heterocycles. The zero-order chi connectivity index (χ0) is 15.0. The minimum absolute atomic E-state index is 0.0982. The van der Waals surface area contributed by atoms with Gasteiger partial charge < -0.3 is 4.57 Å². The van der Waals surface area contributed by atoms with Crippen LogP contribution in [0.4, 0.5) is 14.5 Å². The zero-order valence-electron chi connectivity index (χ0n) is 10.8. The molecule has 0 aliphatic carbocycles. The van der Waals surface area contributed by atoms with Crippen molar-refractivity contribution in [1.82, 2.24) is 4.57 Å². The highest BCUT2D eigenvalue weighted by atomic mass is 19.1. The van der Waals surface area contributed by atoms with Gasteiger partial charge in [0.05, 0.1) is 22.5 Å². The molecule has 3 rings (SSSR count). The van der Waals surface area contributed by atoms with E-state index in [4.69, 9.17) is 0 Å². The van der Waals surface area contributed by atoms with Crippen molar-refractivity contribution in [3.8, 4) is 0 Å². The molecule has 0 amide bonds. The number of nitrogens with zero attached hydrogens (tertiary/aromatic N) is 2. The first-order valence-corrected chi connectivity index (χ1v) is 6.22. The van der Waals surface area contributed by atoms with Crippen LogP contribution in [-0.2, 0) is 6.54 Å². The Balaban J connectivity index is 2.08. The Morgan fingerprint density at radius 3 is 2.52 bits per heavy atom. The summed E-state index contributed by atoms with van der Waals surface area (Å²) in [6, 6.07) is 9.41. The summed E-state index contributed by atoms with van der Waals surface area (Å²) in [7, 11) is 0. The van der Waals surface area contributed by atoms with Crippen molar-refractivity contribution < 1.29 is 13.7 Å². The van der Waals surface area contributed by atoms with E-state index in [0.717, 1.165) is 23.6 Å². The number of hydrogen-bond acceptors (Lipinski definition) is 2. The molecule has 0 saturated carbocycles. The molecule has 0 fully saturated rings. The van der Waals surface area contributed by atoms with E-state index < -0.39 is 16.6 Å². The first-order valence-electron chi connectivity index (χ1n) is 6.22. The van der Waals surface area contributed by atoms with Crippen molar-refractivity contribution in [2.24, 2.45) is 0 Å². The Morgan fingerprint density at radius 2 is 1.76 bits per heavy atom. The summed E-state index contributed by atoms with van der Waals surface area (Å²) in [4.78, 5) is 10.4. The summed E-state index contributed by atoms with van der Waals surface area (Å²) < 4.78 is 28.3. The maximum Gasteiger partial charge on any atom is 0.274 e.